The van der Waals surface area contributed by atoms with E-state index in [1.165, 1.54) is 23.6 Å². The molecular formula is C13H21NO5S. The number of esters is 2. The predicted octanol–water partition coefficient (Wildman–Crippen LogP) is 1.18. The first kappa shape index (κ1) is 16.8. The van der Waals surface area contributed by atoms with Gasteiger partial charge in [-0.05, 0) is 27.7 Å². The average Bonchev–Trinajstić information content (AvgIpc) is 2.68. The lowest BCUT2D eigenvalue weighted by Crippen LogP contribution is -2.55. The van der Waals surface area contributed by atoms with Crippen molar-refractivity contribution < 1.29 is 23.9 Å². The van der Waals surface area contributed by atoms with Crippen molar-refractivity contribution in [3.05, 3.63) is 0 Å². The fraction of sp³-hybridized carbons (Fsp3) is 0.769. The number of hydrogen-bond acceptors (Lipinski definition) is 6. The van der Waals surface area contributed by atoms with Gasteiger partial charge in [0.25, 0.3) is 0 Å². The minimum atomic E-state index is -1.18. The molecule has 2 atom stereocenters. The summed E-state index contributed by atoms with van der Waals surface area (Å²) in [5.41, 5.74) is 0. The molecule has 1 rings (SSSR count). The highest BCUT2D eigenvalue weighted by molar-refractivity contribution is 8.01. The molecule has 0 N–H and O–H groups in total. The fourth-order valence-corrected chi connectivity index (χ4v) is 3.45. The Morgan fingerprint density at radius 2 is 2.00 bits per heavy atom. The van der Waals surface area contributed by atoms with Crippen LogP contribution in [0.5, 0.6) is 0 Å². The van der Waals surface area contributed by atoms with Crippen LogP contribution in [-0.4, -0.2) is 52.1 Å². The third kappa shape index (κ3) is 3.26. The van der Waals surface area contributed by atoms with Gasteiger partial charge in [0.05, 0.1) is 12.7 Å². The number of carbonyl (C=O) groups is 3. The van der Waals surface area contributed by atoms with E-state index in [9.17, 15) is 14.4 Å². The molecule has 1 fully saturated rings. The van der Waals surface area contributed by atoms with Gasteiger partial charge in [-0.25, -0.2) is 9.59 Å². The summed E-state index contributed by atoms with van der Waals surface area (Å²) < 4.78 is 10.2. The largest absolute Gasteiger partial charge is 0.464 e. The Morgan fingerprint density at radius 1 is 1.40 bits per heavy atom. The molecule has 20 heavy (non-hydrogen) atoms. The maximum atomic E-state index is 12.1. The molecule has 1 amide bonds. The first-order chi connectivity index (χ1) is 9.24. The summed E-state index contributed by atoms with van der Waals surface area (Å²) in [7, 11) is 0. The van der Waals surface area contributed by atoms with Gasteiger partial charge in [0, 0.05) is 12.7 Å². The van der Waals surface area contributed by atoms with Gasteiger partial charge in [0.2, 0.25) is 5.91 Å². The minimum absolute atomic E-state index is 0.224. The van der Waals surface area contributed by atoms with E-state index in [0.717, 1.165) is 0 Å². The Kier molecular flexibility index (Phi) is 5.44. The van der Waals surface area contributed by atoms with Gasteiger partial charge in [-0.1, -0.05) is 0 Å². The lowest BCUT2D eigenvalue weighted by molar-refractivity contribution is -0.164. The third-order valence-corrected chi connectivity index (χ3v) is 4.32. The second kappa shape index (κ2) is 6.47. The second-order valence-corrected chi connectivity index (χ2v) is 6.32. The molecule has 0 radical (unpaired) electrons. The Bertz CT molecular complexity index is 412. The smallest absolute Gasteiger partial charge is 0.342 e. The van der Waals surface area contributed by atoms with Crippen LogP contribution in [0.3, 0.4) is 0 Å². The van der Waals surface area contributed by atoms with Crippen molar-refractivity contribution in [2.45, 2.75) is 51.6 Å². The molecule has 0 aromatic carbocycles. The Balaban J connectivity index is 2.99. The predicted molar refractivity (Wildman–Crippen MR) is 75.0 cm³/mol. The Hall–Kier alpha value is -1.24. The molecular weight excluding hydrogens is 282 g/mol. The quantitative estimate of drug-likeness (QED) is 0.726. The molecule has 0 aromatic rings. The number of ether oxygens (including phenoxy) is 2. The molecule has 7 heteroatoms. The van der Waals surface area contributed by atoms with E-state index >= 15 is 0 Å². The maximum absolute atomic E-state index is 12.1. The number of amides is 1. The number of carbonyl (C=O) groups excluding carboxylic acids is 3. The summed E-state index contributed by atoms with van der Waals surface area (Å²) in [5, 5.41) is 0. The molecule has 0 aliphatic carbocycles. The normalized spacial score (nSPS) is 25.7. The van der Waals surface area contributed by atoms with Crippen molar-refractivity contribution in [3.63, 3.8) is 0 Å². The van der Waals surface area contributed by atoms with E-state index in [0.29, 0.717) is 5.75 Å². The monoisotopic (exact) mass is 303 g/mol. The molecule has 0 aromatic heterocycles. The molecule has 1 aliphatic heterocycles. The van der Waals surface area contributed by atoms with Crippen molar-refractivity contribution in [1.82, 2.24) is 4.90 Å². The highest BCUT2D eigenvalue weighted by atomic mass is 32.2. The maximum Gasteiger partial charge on any atom is 0.342 e. The van der Waals surface area contributed by atoms with Gasteiger partial charge in [-0.15, -0.1) is 11.8 Å². The molecule has 0 bridgehead atoms. The minimum Gasteiger partial charge on any atom is -0.464 e. The molecule has 6 nitrogen and oxygen atoms in total. The van der Waals surface area contributed by atoms with Crippen LogP contribution in [-0.2, 0) is 23.9 Å². The molecule has 1 heterocycles. The molecule has 2 unspecified atom stereocenters. The first-order valence-electron chi connectivity index (χ1n) is 6.55. The van der Waals surface area contributed by atoms with Crippen LogP contribution < -0.4 is 0 Å². The van der Waals surface area contributed by atoms with Gasteiger partial charge in [0.1, 0.15) is 6.04 Å². The number of hydrogen-bond donors (Lipinski definition) is 0. The summed E-state index contributed by atoms with van der Waals surface area (Å²) in [6.45, 7) is 8.33. The van der Waals surface area contributed by atoms with Crippen LogP contribution in [0.15, 0.2) is 0 Å². The van der Waals surface area contributed by atoms with Crippen LogP contribution in [0.25, 0.3) is 0 Å². The van der Waals surface area contributed by atoms with E-state index in [1.807, 2.05) is 0 Å². The second-order valence-electron chi connectivity index (χ2n) is 4.90. The van der Waals surface area contributed by atoms with E-state index in [1.54, 1.807) is 27.7 Å². The zero-order chi connectivity index (χ0) is 15.5. The molecule has 114 valence electrons. The highest BCUT2D eigenvalue weighted by Gasteiger charge is 2.54. The standard InChI is InChI=1S/C13H21NO5S/c1-6-18-12(17)13(5)14(9(4)15)10(7-20-13)11(16)19-8(2)3/h8,10H,6-7H2,1-5H3. The molecule has 1 saturated heterocycles. The van der Waals surface area contributed by atoms with Crippen molar-refractivity contribution >= 4 is 29.6 Å². The Labute approximate surface area is 123 Å². The van der Waals surface area contributed by atoms with Gasteiger partial charge in [-0.3, -0.25) is 4.79 Å². The van der Waals surface area contributed by atoms with Crippen LogP contribution in [0, 0.1) is 0 Å². The topological polar surface area (TPSA) is 72.9 Å². The van der Waals surface area contributed by atoms with E-state index in [4.69, 9.17) is 9.47 Å². The zero-order valence-corrected chi connectivity index (χ0v) is 13.3. The van der Waals surface area contributed by atoms with Crippen molar-refractivity contribution in [1.29, 1.82) is 0 Å². The van der Waals surface area contributed by atoms with Gasteiger partial charge < -0.3 is 14.4 Å². The van der Waals surface area contributed by atoms with E-state index < -0.39 is 22.9 Å². The lowest BCUT2D eigenvalue weighted by Gasteiger charge is -2.33. The van der Waals surface area contributed by atoms with Crippen LogP contribution in [0.2, 0.25) is 0 Å². The van der Waals surface area contributed by atoms with Crippen molar-refractivity contribution in [3.8, 4) is 0 Å². The molecule has 1 aliphatic rings. The Morgan fingerprint density at radius 3 is 2.45 bits per heavy atom. The molecule has 0 spiro atoms. The summed E-state index contributed by atoms with van der Waals surface area (Å²) in [5.74, 6) is -1.03. The lowest BCUT2D eigenvalue weighted by atomic mass is 10.2. The van der Waals surface area contributed by atoms with Gasteiger partial charge in [0.15, 0.2) is 4.87 Å². The fourth-order valence-electron chi connectivity index (χ4n) is 2.11. The summed E-state index contributed by atoms with van der Waals surface area (Å²) in [4.78, 5) is 36.1. The SMILES string of the molecule is CCOC(=O)C1(C)SCC(C(=O)OC(C)C)N1C(C)=O. The third-order valence-electron chi connectivity index (χ3n) is 2.91. The number of rotatable bonds is 4. The van der Waals surface area contributed by atoms with E-state index in [-0.39, 0.29) is 18.6 Å². The summed E-state index contributed by atoms with van der Waals surface area (Å²) in [6.07, 6.45) is -0.268. The average molecular weight is 303 g/mol. The van der Waals surface area contributed by atoms with Crippen LogP contribution in [0.1, 0.15) is 34.6 Å². The van der Waals surface area contributed by atoms with Gasteiger partial charge in [-0.2, -0.15) is 0 Å². The molecule has 0 saturated carbocycles. The number of nitrogens with zero attached hydrogens (tertiary/aromatic N) is 1. The van der Waals surface area contributed by atoms with E-state index in [2.05, 4.69) is 0 Å². The van der Waals surface area contributed by atoms with Crippen LogP contribution in [0.4, 0.5) is 0 Å². The first-order valence-corrected chi connectivity index (χ1v) is 7.54. The number of thioether (sulfide) groups is 1. The van der Waals surface area contributed by atoms with Gasteiger partial charge >= 0.3 is 11.9 Å². The highest BCUT2D eigenvalue weighted by Crippen LogP contribution is 2.40. The zero-order valence-electron chi connectivity index (χ0n) is 12.5. The van der Waals surface area contributed by atoms with Crippen molar-refractivity contribution in [2.24, 2.45) is 0 Å². The summed E-state index contributed by atoms with van der Waals surface area (Å²) in [6, 6.07) is -0.755. The summed E-state index contributed by atoms with van der Waals surface area (Å²) >= 11 is 1.22. The van der Waals surface area contributed by atoms with Crippen molar-refractivity contribution in [2.75, 3.05) is 12.4 Å². The van der Waals surface area contributed by atoms with Crippen LogP contribution >= 0.6 is 11.8 Å².